The van der Waals surface area contributed by atoms with E-state index in [4.69, 9.17) is 0 Å². The average Bonchev–Trinajstić information content (AvgIpc) is 2.53. The van der Waals surface area contributed by atoms with Gasteiger partial charge in [0, 0.05) is 18.6 Å². The lowest BCUT2D eigenvalue weighted by atomic mass is 9.53. The van der Waals surface area contributed by atoms with E-state index in [1.54, 1.807) is 0 Å². The van der Waals surface area contributed by atoms with Crippen LogP contribution < -0.4 is 5.32 Å². The summed E-state index contributed by atoms with van der Waals surface area (Å²) in [5.74, 6) is 2.69. The molecule has 23 heavy (non-hydrogen) atoms. The Bertz CT molecular complexity index is 433. The molecule has 0 unspecified atom stereocenters. The van der Waals surface area contributed by atoms with E-state index in [1.165, 1.54) is 64.2 Å². The van der Waals surface area contributed by atoms with Crippen molar-refractivity contribution >= 4 is 6.03 Å². The second-order valence-electron chi connectivity index (χ2n) is 9.36. The maximum atomic E-state index is 13.0. The normalized spacial score (nSPS) is 41.1. The molecule has 0 aromatic heterocycles. The third-order valence-corrected chi connectivity index (χ3v) is 7.86. The molecular formula is C20H34N2O. The van der Waals surface area contributed by atoms with Gasteiger partial charge in [-0.3, -0.25) is 0 Å². The average molecular weight is 319 g/mol. The van der Waals surface area contributed by atoms with Crippen molar-refractivity contribution in [1.82, 2.24) is 10.2 Å². The van der Waals surface area contributed by atoms with Crippen molar-refractivity contribution in [3.05, 3.63) is 0 Å². The van der Waals surface area contributed by atoms with Crippen molar-refractivity contribution in [3.63, 3.8) is 0 Å². The van der Waals surface area contributed by atoms with Crippen molar-refractivity contribution in [2.75, 3.05) is 13.1 Å². The number of amides is 2. The Morgan fingerprint density at radius 3 is 2.13 bits per heavy atom. The molecule has 4 aliphatic carbocycles. The van der Waals surface area contributed by atoms with Crippen LogP contribution in [0.15, 0.2) is 0 Å². The van der Waals surface area contributed by atoms with Crippen LogP contribution in [0, 0.1) is 23.2 Å². The molecule has 0 spiro atoms. The highest BCUT2D eigenvalue weighted by Gasteiger charge is 2.52. The van der Waals surface area contributed by atoms with E-state index >= 15 is 0 Å². The van der Waals surface area contributed by atoms with E-state index in [0.29, 0.717) is 5.41 Å². The van der Waals surface area contributed by atoms with Gasteiger partial charge in [-0.25, -0.2) is 4.79 Å². The molecule has 3 nitrogen and oxygen atoms in total. The summed E-state index contributed by atoms with van der Waals surface area (Å²) in [7, 11) is 0. The van der Waals surface area contributed by atoms with Gasteiger partial charge >= 0.3 is 6.03 Å². The molecular weight excluding hydrogens is 284 g/mol. The minimum Gasteiger partial charge on any atom is -0.333 e. The third-order valence-electron chi connectivity index (χ3n) is 7.86. The number of nitrogens with one attached hydrogen (secondary N) is 1. The topological polar surface area (TPSA) is 32.3 Å². The maximum absolute atomic E-state index is 13.0. The Morgan fingerprint density at radius 2 is 1.61 bits per heavy atom. The van der Waals surface area contributed by atoms with E-state index in [-0.39, 0.29) is 11.6 Å². The van der Waals surface area contributed by atoms with E-state index in [9.17, 15) is 4.79 Å². The molecule has 5 rings (SSSR count). The Morgan fingerprint density at radius 1 is 1.04 bits per heavy atom. The van der Waals surface area contributed by atoms with Crippen LogP contribution in [-0.4, -0.2) is 29.6 Å². The van der Waals surface area contributed by atoms with Crippen molar-refractivity contribution in [3.8, 4) is 0 Å². The van der Waals surface area contributed by atoms with Gasteiger partial charge in [0.1, 0.15) is 0 Å². The standard InChI is InChI=1S/C20H34N2O/c1-3-19(4-2)6-5-7-22(14-19)18(23)21-20-11-15-8-16(12-20)10-17(9-15)13-20/h15-17H,3-14H2,1-2H3,(H,21,23). The van der Waals surface area contributed by atoms with Crippen LogP contribution in [-0.2, 0) is 0 Å². The molecule has 0 aromatic carbocycles. The number of nitrogens with zero attached hydrogens (tertiary/aromatic N) is 1. The highest BCUT2D eigenvalue weighted by molar-refractivity contribution is 5.75. The molecule has 1 heterocycles. The third kappa shape index (κ3) is 2.78. The molecule has 0 radical (unpaired) electrons. The lowest BCUT2D eigenvalue weighted by Crippen LogP contribution is -2.63. The molecule has 1 N–H and O–H groups in total. The largest absolute Gasteiger partial charge is 0.333 e. The van der Waals surface area contributed by atoms with Gasteiger partial charge in [0.2, 0.25) is 0 Å². The van der Waals surface area contributed by atoms with Gasteiger partial charge in [0.05, 0.1) is 0 Å². The van der Waals surface area contributed by atoms with Crippen LogP contribution in [0.2, 0.25) is 0 Å². The highest BCUT2D eigenvalue weighted by atomic mass is 16.2. The fourth-order valence-corrected chi connectivity index (χ4v) is 6.78. The number of rotatable bonds is 3. The first-order chi connectivity index (χ1) is 11.1. The van der Waals surface area contributed by atoms with E-state index in [1.807, 2.05) is 0 Å². The fraction of sp³-hybridized carbons (Fsp3) is 0.950. The predicted octanol–water partition coefficient (Wildman–Crippen LogP) is 4.57. The van der Waals surface area contributed by atoms with Gasteiger partial charge in [0.25, 0.3) is 0 Å². The molecule has 4 saturated carbocycles. The summed E-state index contributed by atoms with van der Waals surface area (Å²) in [5.41, 5.74) is 0.529. The molecule has 130 valence electrons. The van der Waals surface area contributed by atoms with Gasteiger partial charge in [0.15, 0.2) is 0 Å². The number of carbonyl (C=O) groups excluding carboxylic acids is 1. The minimum absolute atomic E-state index is 0.157. The first-order valence-electron chi connectivity index (χ1n) is 10.1. The Kier molecular flexibility index (Phi) is 3.89. The van der Waals surface area contributed by atoms with Gasteiger partial charge in [-0.05, 0) is 87.4 Å². The molecule has 2 amide bonds. The van der Waals surface area contributed by atoms with Crippen molar-refractivity contribution < 1.29 is 4.79 Å². The molecule has 1 saturated heterocycles. The summed E-state index contributed by atoms with van der Waals surface area (Å²) >= 11 is 0. The van der Waals surface area contributed by atoms with E-state index in [0.717, 1.165) is 30.8 Å². The summed E-state index contributed by atoms with van der Waals surface area (Å²) in [6, 6.07) is 0.248. The van der Waals surface area contributed by atoms with Gasteiger partial charge < -0.3 is 10.2 Å². The first kappa shape index (κ1) is 15.8. The monoisotopic (exact) mass is 318 g/mol. The summed E-state index contributed by atoms with van der Waals surface area (Å²) in [6.07, 6.45) is 12.9. The van der Waals surface area contributed by atoms with E-state index in [2.05, 4.69) is 24.1 Å². The smallest absolute Gasteiger partial charge is 0.317 e. The lowest BCUT2D eigenvalue weighted by Gasteiger charge is -2.57. The van der Waals surface area contributed by atoms with Gasteiger partial charge in [-0.15, -0.1) is 0 Å². The fourth-order valence-electron chi connectivity index (χ4n) is 6.78. The zero-order valence-electron chi connectivity index (χ0n) is 15.1. The zero-order chi connectivity index (χ0) is 16.1. The summed E-state index contributed by atoms with van der Waals surface area (Å²) in [5, 5.41) is 3.57. The van der Waals surface area contributed by atoms with Crippen molar-refractivity contribution in [2.24, 2.45) is 23.2 Å². The minimum atomic E-state index is 0.157. The number of urea groups is 1. The first-order valence-corrected chi connectivity index (χ1v) is 10.1. The number of hydrogen-bond donors (Lipinski definition) is 1. The SMILES string of the molecule is CCC1(CC)CCCN(C(=O)NC23CC4CC(CC(C4)C2)C3)C1. The van der Waals surface area contributed by atoms with Crippen LogP contribution in [0.1, 0.15) is 78.1 Å². The Hall–Kier alpha value is -0.730. The second-order valence-corrected chi connectivity index (χ2v) is 9.36. The van der Waals surface area contributed by atoms with Crippen LogP contribution in [0.4, 0.5) is 4.79 Å². The van der Waals surface area contributed by atoms with Crippen LogP contribution in [0.5, 0.6) is 0 Å². The van der Waals surface area contributed by atoms with Crippen LogP contribution in [0.3, 0.4) is 0 Å². The summed E-state index contributed by atoms with van der Waals surface area (Å²) in [4.78, 5) is 15.2. The highest BCUT2D eigenvalue weighted by Crippen LogP contribution is 2.55. The molecule has 3 heteroatoms. The van der Waals surface area contributed by atoms with Crippen LogP contribution >= 0.6 is 0 Å². The second kappa shape index (κ2) is 5.67. The predicted molar refractivity (Wildman–Crippen MR) is 93.3 cm³/mol. The summed E-state index contributed by atoms with van der Waals surface area (Å²) in [6.45, 7) is 6.52. The molecule has 0 aromatic rings. The number of likely N-dealkylation sites (tertiary alicyclic amines) is 1. The number of hydrogen-bond acceptors (Lipinski definition) is 1. The van der Waals surface area contributed by atoms with Crippen LogP contribution in [0.25, 0.3) is 0 Å². The number of piperidine rings is 1. The van der Waals surface area contributed by atoms with Crippen molar-refractivity contribution in [2.45, 2.75) is 83.6 Å². The summed E-state index contributed by atoms with van der Waals surface area (Å²) < 4.78 is 0. The molecule has 1 aliphatic heterocycles. The quantitative estimate of drug-likeness (QED) is 0.812. The zero-order valence-corrected chi connectivity index (χ0v) is 15.1. The number of carbonyl (C=O) groups is 1. The Balaban J connectivity index is 1.44. The lowest BCUT2D eigenvalue weighted by molar-refractivity contribution is -0.0175. The van der Waals surface area contributed by atoms with E-state index < -0.39 is 0 Å². The van der Waals surface area contributed by atoms with Gasteiger partial charge in [-0.1, -0.05) is 13.8 Å². The molecule has 4 bridgehead atoms. The Labute approximate surface area is 141 Å². The molecule has 5 aliphatic rings. The maximum Gasteiger partial charge on any atom is 0.317 e. The van der Waals surface area contributed by atoms with Crippen molar-refractivity contribution in [1.29, 1.82) is 0 Å². The van der Waals surface area contributed by atoms with Gasteiger partial charge in [-0.2, -0.15) is 0 Å². The molecule has 5 fully saturated rings. The molecule has 0 atom stereocenters.